The lowest BCUT2D eigenvalue weighted by molar-refractivity contribution is -0.140. The summed E-state index contributed by atoms with van der Waals surface area (Å²) in [6.07, 6.45) is 0.383. The first kappa shape index (κ1) is 18.4. The molecule has 7 heteroatoms. The number of nitrogens with zero attached hydrogens (tertiary/aromatic N) is 2. The van der Waals surface area contributed by atoms with Crippen molar-refractivity contribution in [2.24, 2.45) is 4.99 Å². The van der Waals surface area contributed by atoms with Crippen molar-refractivity contribution in [3.05, 3.63) is 63.4 Å². The fourth-order valence-corrected chi connectivity index (χ4v) is 4.15. The van der Waals surface area contributed by atoms with Crippen molar-refractivity contribution in [2.45, 2.75) is 26.3 Å². The van der Waals surface area contributed by atoms with E-state index in [-0.39, 0.29) is 0 Å². The number of hydrogen-bond acceptors (Lipinski definition) is 3. The predicted molar refractivity (Wildman–Crippen MR) is 103 cm³/mol. The van der Waals surface area contributed by atoms with Gasteiger partial charge in [-0.3, -0.25) is 4.79 Å². The Morgan fingerprint density at radius 2 is 2.00 bits per heavy atom. The van der Waals surface area contributed by atoms with Crippen LogP contribution in [0, 0.1) is 6.92 Å². The quantitative estimate of drug-likeness (QED) is 0.718. The number of benzene rings is 2. The van der Waals surface area contributed by atoms with Gasteiger partial charge < -0.3 is 9.67 Å². The number of amides is 1. The second-order valence-electron chi connectivity index (χ2n) is 5.87. The summed E-state index contributed by atoms with van der Waals surface area (Å²) in [5.74, 6) is -1.41. The standard InChI is InChI=1S/C19H17ClN2O3S/c1-3-14(18(24)25)22-15-9-4-6-11(2)16(15)26-19(22)21-17(23)12-7-5-8-13(20)10-12/h4-10,14H,3H2,1-2H3,(H,24,25)/b21-19-. The summed E-state index contributed by atoms with van der Waals surface area (Å²) in [5.41, 5.74) is 2.14. The number of aromatic nitrogens is 1. The molecule has 0 saturated carbocycles. The summed E-state index contributed by atoms with van der Waals surface area (Å²) in [4.78, 5) is 28.9. The van der Waals surface area contributed by atoms with Crippen LogP contribution in [0.2, 0.25) is 5.02 Å². The van der Waals surface area contributed by atoms with Gasteiger partial charge in [0, 0.05) is 10.6 Å². The van der Waals surface area contributed by atoms with Gasteiger partial charge in [-0.1, -0.05) is 48.1 Å². The Balaban J connectivity index is 2.26. The van der Waals surface area contributed by atoms with E-state index in [0.29, 0.717) is 21.8 Å². The molecule has 1 amide bonds. The lowest BCUT2D eigenvalue weighted by Crippen LogP contribution is -2.27. The average Bonchev–Trinajstić information content (AvgIpc) is 2.95. The number of fused-ring (bicyclic) bond motifs is 1. The number of carbonyl (C=O) groups excluding carboxylic acids is 1. The molecular weight excluding hydrogens is 372 g/mol. The maximum Gasteiger partial charge on any atom is 0.326 e. The van der Waals surface area contributed by atoms with Crippen molar-refractivity contribution in [3.63, 3.8) is 0 Å². The van der Waals surface area contributed by atoms with Gasteiger partial charge >= 0.3 is 5.97 Å². The number of rotatable bonds is 4. The van der Waals surface area contributed by atoms with Crippen molar-refractivity contribution < 1.29 is 14.7 Å². The summed E-state index contributed by atoms with van der Waals surface area (Å²) < 4.78 is 2.56. The molecular formula is C19H17ClN2O3S. The van der Waals surface area contributed by atoms with E-state index in [1.165, 1.54) is 11.3 Å². The normalized spacial score (nSPS) is 13.1. The van der Waals surface area contributed by atoms with Crippen LogP contribution in [0.3, 0.4) is 0 Å². The van der Waals surface area contributed by atoms with E-state index in [9.17, 15) is 14.7 Å². The van der Waals surface area contributed by atoms with E-state index >= 15 is 0 Å². The van der Waals surface area contributed by atoms with Crippen LogP contribution in [0.1, 0.15) is 35.3 Å². The summed E-state index contributed by atoms with van der Waals surface area (Å²) in [6.45, 7) is 3.75. The Morgan fingerprint density at radius 1 is 1.27 bits per heavy atom. The fraction of sp³-hybridized carbons (Fsp3) is 0.211. The zero-order valence-electron chi connectivity index (χ0n) is 14.3. The highest BCUT2D eigenvalue weighted by Crippen LogP contribution is 2.25. The van der Waals surface area contributed by atoms with Gasteiger partial charge in [0.25, 0.3) is 5.91 Å². The summed E-state index contributed by atoms with van der Waals surface area (Å²) in [5, 5.41) is 10.1. The van der Waals surface area contributed by atoms with Crippen molar-refractivity contribution >= 4 is 45.0 Å². The second kappa shape index (κ2) is 7.43. The van der Waals surface area contributed by atoms with Gasteiger partial charge in [-0.15, -0.1) is 0 Å². The second-order valence-corrected chi connectivity index (χ2v) is 7.28. The van der Waals surface area contributed by atoms with Gasteiger partial charge in [0.2, 0.25) is 0 Å². The number of halogens is 1. The molecule has 0 bridgehead atoms. The van der Waals surface area contributed by atoms with Crippen molar-refractivity contribution in [2.75, 3.05) is 0 Å². The molecule has 0 saturated heterocycles. The van der Waals surface area contributed by atoms with Crippen LogP contribution >= 0.6 is 22.9 Å². The van der Waals surface area contributed by atoms with Crippen LogP contribution in [0.15, 0.2) is 47.5 Å². The van der Waals surface area contributed by atoms with Gasteiger partial charge in [-0.05, 0) is 43.2 Å². The SMILES string of the molecule is CCC(C(=O)O)n1/c(=N/C(=O)c2cccc(Cl)c2)sc2c(C)cccc21. The lowest BCUT2D eigenvalue weighted by Gasteiger charge is -2.13. The highest BCUT2D eigenvalue weighted by Gasteiger charge is 2.22. The molecule has 0 aliphatic heterocycles. The summed E-state index contributed by atoms with van der Waals surface area (Å²) in [7, 11) is 0. The minimum absolute atomic E-state index is 0.363. The predicted octanol–water partition coefficient (Wildman–Crippen LogP) is 4.44. The molecule has 5 nitrogen and oxygen atoms in total. The third kappa shape index (κ3) is 3.43. The molecule has 3 aromatic rings. The first-order chi connectivity index (χ1) is 12.4. The zero-order valence-corrected chi connectivity index (χ0v) is 15.8. The van der Waals surface area contributed by atoms with Crippen LogP contribution in [-0.4, -0.2) is 21.6 Å². The Kier molecular flexibility index (Phi) is 5.25. The maximum absolute atomic E-state index is 12.6. The van der Waals surface area contributed by atoms with Gasteiger partial charge in [-0.25, -0.2) is 4.79 Å². The Bertz CT molecular complexity index is 1070. The highest BCUT2D eigenvalue weighted by atomic mass is 35.5. The molecule has 0 fully saturated rings. The molecule has 1 aromatic heterocycles. The molecule has 2 aromatic carbocycles. The van der Waals surface area contributed by atoms with Crippen molar-refractivity contribution in [1.29, 1.82) is 0 Å². The molecule has 1 heterocycles. The van der Waals surface area contributed by atoms with E-state index in [1.54, 1.807) is 35.8 Å². The third-order valence-electron chi connectivity index (χ3n) is 4.10. The van der Waals surface area contributed by atoms with Crippen molar-refractivity contribution in [1.82, 2.24) is 4.57 Å². The molecule has 0 radical (unpaired) electrons. The maximum atomic E-state index is 12.6. The smallest absolute Gasteiger partial charge is 0.326 e. The molecule has 3 rings (SSSR count). The van der Waals surface area contributed by atoms with Crippen LogP contribution in [0.25, 0.3) is 10.2 Å². The molecule has 1 atom stereocenters. The van der Waals surface area contributed by atoms with E-state index < -0.39 is 17.9 Å². The first-order valence-corrected chi connectivity index (χ1v) is 9.30. The van der Waals surface area contributed by atoms with E-state index in [0.717, 1.165) is 15.8 Å². The molecule has 1 unspecified atom stereocenters. The van der Waals surface area contributed by atoms with E-state index in [2.05, 4.69) is 4.99 Å². The number of carboxylic acids is 1. The molecule has 134 valence electrons. The largest absolute Gasteiger partial charge is 0.480 e. The fourth-order valence-electron chi connectivity index (χ4n) is 2.82. The molecule has 0 aliphatic carbocycles. The van der Waals surface area contributed by atoms with Gasteiger partial charge in [0.1, 0.15) is 6.04 Å². The minimum Gasteiger partial charge on any atom is -0.480 e. The van der Waals surface area contributed by atoms with Crippen LogP contribution in [0.4, 0.5) is 0 Å². The first-order valence-electron chi connectivity index (χ1n) is 8.10. The third-order valence-corrected chi connectivity index (χ3v) is 5.54. The number of aliphatic carboxylic acids is 1. The molecule has 1 N–H and O–H groups in total. The van der Waals surface area contributed by atoms with E-state index in [4.69, 9.17) is 11.6 Å². The van der Waals surface area contributed by atoms with Crippen molar-refractivity contribution in [3.8, 4) is 0 Å². The Morgan fingerprint density at radius 3 is 2.65 bits per heavy atom. The Hall–Kier alpha value is -2.44. The van der Waals surface area contributed by atoms with Gasteiger partial charge in [0.15, 0.2) is 4.80 Å². The summed E-state index contributed by atoms with van der Waals surface area (Å²) in [6, 6.07) is 11.4. The van der Waals surface area contributed by atoms with Gasteiger partial charge in [-0.2, -0.15) is 4.99 Å². The topological polar surface area (TPSA) is 71.7 Å². The zero-order chi connectivity index (χ0) is 18.8. The Labute approximate surface area is 159 Å². The van der Waals surface area contributed by atoms with E-state index in [1.807, 2.05) is 25.1 Å². The highest BCUT2D eigenvalue weighted by molar-refractivity contribution is 7.16. The number of thiazole rings is 1. The minimum atomic E-state index is -0.953. The molecule has 0 aliphatic rings. The lowest BCUT2D eigenvalue weighted by atomic mass is 10.2. The molecule has 26 heavy (non-hydrogen) atoms. The summed E-state index contributed by atoms with van der Waals surface area (Å²) >= 11 is 7.27. The number of carbonyl (C=O) groups is 2. The number of aryl methyl sites for hydroxylation is 1. The number of carboxylic acid groups (broad SMARTS) is 1. The van der Waals surface area contributed by atoms with Crippen LogP contribution in [0.5, 0.6) is 0 Å². The monoisotopic (exact) mass is 388 g/mol. The average molecular weight is 389 g/mol. The van der Waals surface area contributed by atoms with Crippen LogP contribution in [-0.2, 0) is 4.79 Å². The van der Waals surface area contributed by atoms with Crippen LogP contribution < -0.4 is 4.80 Å². The van der Waals surface area contributed by atoms with Gasteiger partial charge in [0.05, 0.1) is 10.2 Å². The molecule has 0 spiro atoms. The number of hydrogen-bond donors (Lipinski definition) is 1.